The van der Waals surface area contributed by atoms with Crippen molar-refractivity contribution in [3.63, 3.8) is 0 Å². The number of aryl methyl sites for hydroxylation is 1. The molecule has 0 amide bonds. The molecule has 0 unspecified atom stereocenters. The maximum absolute atomic E-state index is 12.7. The van der Waals surface area contributed by atoms with Crippen molar-refractivity contribution >= 4 is 24.3 Å². The highest BCUT2D eigenvalue weighted by Gasteiger charge is 2.31. The van der Waals surface area contributed by atoms with Gasteiger partial charge in [-0.05, 0) is 95.0 Å². The standard InChI is InChI=1S/C31H40N2O5.ClH/c1-30(2,3)29(36)38-26(20-37-27-16-21(11-13-28(34)35)10-12-25(27)18-32)19-33-31(4,5)17-22-14-23-8-6-7-9-24(23)15-22;/h6-10,12,16,22,26,33H,11,13-15,17,19-20H2,1-5H3,(H,34,35);1H/t26-;/m1./s1. The SMILES string of the molecule is CC(C)(CC1Cc2ccccc2C1)NC[C@H](COc1cc(CCC(=O)O)ccc1C#N)OC(=O)C(C)(C)C.Cl. The number of carbonyl (C=O) groups is 2. The van der Waals surface area contributed by atoms with Crippen molar-refractivity contribution < 1.29 is 24.2 Å². The molecule has 0 fully saturated rings. The number of hydrogen-bond acceptors (Lipinski definition) is 6. The highest BCUT2D eigenvalue weighted by atomic mass is 35.5. The van der Waals surface area contributed by atoms with Gasteiger partial charge in [0.1, 0.15) is 24.5 Å². The van der Waals surface area contributed by atoms with Crippen LogP contribution in [-0.4, -0.2) is 41.8 Å². The number of carbonyl (C=O) groups excluding carboxylic acids is 1. The third-order valence-electron chi connectivity index (χ3n) is 6.85. The second-order valence-electron chi connectivity index (χ2n) is 11.9. The number of ether oxygens (including phenoxy) is 2. The minimum atomic E-state index is -0.888. The number of nitriles is 1. The van der Waals surface area contributed by atoms with Crippen molar-refractivity contribution in [2.24, 2.45) is 11.3 Å². The molecule has 0 radical (unpaired) electrons. The van der Waals surface area contributed by atoms with Gasteiger partial charge in [-0.15, -0.1) is 12.4 Å². The molecule has 39 heavy (non-hydrogen) atoms. The van der Waals surface area contributed by atoms with E-state index in [4.69, 9.17) is 14.6 Å². The van der Waals surface area contributed by atoms with E-state index in [9.17, 15) is 14.9 Å². The number of carboxylic acids is 1. The monoisotopic (exact) mass is 556 g/mol. The Labute approximate surface area is 238 Å². The number of hydrogen-bond donors (Lipinski definition) is 2. The zero-order valence-electron chi connectivity index (χ0n) is 23.6. The molecule has 3 rings (SSSR count). The Morgan fingerprint density at radius 3 is 2.31 bits per heavy atom. The molecule has 2 N–H and O–H groups in total. The van der Waals surface area contributed by atoms with Crippen molar-refractivity contribution in [1.29, 1.82) is 5.26 Å². The molecule has 0 saturated heterocycles. The zero-order valence-corrected chi connectivity index (χ0v) is 24.4. The zero-order chi connectivity index (χ0) is 27.9. The lowest BCUT2D eigenvalue weighted by atomic mass is 9.88. The highest BCUT2D eigenvalue weighted by Crippen LogP contribution is 2.32. The molecule has 0 saturated carbocycles. The number of benzene rings is 2. The summed E-state index contributed by atoms with van der Waals surface area (Å²) in [6.07, 6.45) is 2.87. The fourth-order valence-corrected chi connectivity index (χ4v) is 4.81. The first-order chi connectivity index (χ1) is 17.9. The lowest BCUT2D eigenvalue weighted by Gasteiger charge is -2.32. The molecule has 8 heteroatoms. The quantitative estimate of drug-likeness (QED) is 0.332. The van der Waals surface area contributed by atoms with E-state index < -0.39 is 17.5 Å². The molecule has 0 aromatic heterocycles. The summed E-state index contributed by atoms with van der Waals surface area (Å²) in [5, 5.41) is 22.1. The summed E-state index contributed by atoms with van der Waals surface area (Å²) in [6.45, 7) is 10.2. The molecule has 7 nitrogen and oxygen atoms in total. The van der Waals surface area contributed by atoms with Crippen molar-refractivity contribution in [3.8, 4) is 11.8 Å². The molecule has 212 valence electrons. The molecular formula is C31H41ClN2O5. The molecular weight excluding hydrogens is 516 g/mol. The average Bonchev–Trinajstić information content (AvgIpc) is 3.25. The Bertz CT molecular complexity index is 1160. The van der Waals surface area contributed by atoms with Gasteiger partial charge in [0.2, 0.25) is 0 Å². The van der Waals surface area contributed by atoms with Gasteiger partial charge in [0.25, 0.3) is 0 Å². The largest absolute Gasteiger partial charge is 0.488 e. The van der Waals surface area contributed by atoms with Crippen LogP contribution in [0.4, 0.5) is 0 Å². The second-order valence-corrected chi connectivity index (χ2v) is 11.9. The maximum Gasteiger partial charge on any atom is 0.311 e. The Balaban J connectivity index is 0.00000533. The van der Waals surface area contributed by atoms with Crippen LogP contribution in [0, 0.1) is 22.7 Å². The van der Waals surface area contributed by atoms with Crippen LogP contribution >= 0.6 is 12.4 Å². The number of aliphatic carboxylic acids is 1. The van der Waals surface area contributed by atoms with Crippen LogP contribution in [0.3, 0.4) is 0 Å². The molecule has 2 aromatic rings. The van der Waals surface area contributed by atoms with E-state index in [1.165, 1.54) is 11.1 Å². The van der Waals surface area contributed by atoms with Crippen molar-refractivity contribution in [2.45, 2.75) is 78.4 Å². The summed E-state index contributed by atoms with van der Waals surface area (Å²) in [4.78, 5) is 23.7. The van der Waals surface area contributed by atoms with Crippen LogP contribution in [0.2, 0.25) is 0 Å². The van der Waals surface area contributed by atoms with Crippen LogP contribution in [0.5, 0.6) is 5.75 Å². The van der Waals surface area contributed by atoms with Gasteiger partial charge in [0.05, 0.1) is 11.0 Å². The summed E-state index contributed by atoms with van der Waals surface area (Å²) >= 11 is 0. The van der Waals surface area contributed by atoms with Gasteiger partial charge in [0.15, 0.2) is 0 Å². The van der Waals surface area contributed by atoms with Crippen LogP contribution in [0.15, 0.2) is 42.5 Å². The molecule has 2 aromatic carbocycles. The molecule has 0 aliphatic heterocycles. The fourth-order valence-electron chi connectivity index (χ4n) is 4.81. The van der Waals surface area contributed by atoms with Gasteiger partial charge in [-0.1, -0.05) is 30.3 Å². The number of carboxylic acid groups (broad SMARTS) is 1. The van der Waals surface area contributed by atoms with Crippen molar-refractivity contribution in [1.82, 2.24) is 5.32 Å². The summed E-state index contributed by atoms with van der Waals surface area (Å²) in [5.41, 5.74) is 3.11. The van der Waals surface area contributed by atoms with Crippen molar-refractivity contribution in [2.75, 3.05) is 13.2 Å². The molecule has 0 heterocycles. The van der Waals surface area contributed by atoms with Crippen LogP contribution < -0.4 is 10.1 Å². The average molecular weight is 557 g/mol. The van der Waals surface area contributed by atoms with Gasteiger partial charge >= 0.3 is 11.9 Å². The van der Waals surface area contributed by atoms with Gasteiger partial charge in [-0.25, -0.2) is 0 Å². The maximum atomic E-state index is 12.7. The third kappa shape index (κ3) is 9.87. The number of nitrogens with one attached hydrogen (secondary N) is 1. The van der Waals surface area contributed by atoms with Gasteiger partial charge in [0, 0.05) is 18.5 Å². The Hall–Kier alpha value is -3.08. The van der Waals surface area contributed by atoms with E-state index in [0.29, 0.717) is 30.2 Å². The normalized spacial score (nSPS) is 14.1. The van der Waals surface area contributed by atoms with Gasteiger partial charge in [-0.3, -0.25) is 9.59 Å². The summed E-state index contributed by atoms with van der Waals surface area (Å²) in [5.74, 6) is -0.308. The molecule has 0 bridgehead atoms. The van der Waals surface area contributed by atoms with E-state index in [2.05, 4.69) is 49.5 Å². The first kappa shape index (κ1) is 32.1. The Morgan fingerprint density at radius 1 is 1.10 bits per heavy atom. The molecule has 0 spiro atoms. The van der Waals surface area contributed by atoms with E-state index in [-0.39, 0.29) is 36.9 Å². The number of halogens is 1. The minimum absolute atomic E-state index is 0. The number of nitrogens with zero attached hydrogens (tertiary/aromatic N) is 1. The van der Waals surface area contributed by atoms with Crippen LogP contribution in [-0.2, 0) is 33.6 Å². The summed E-state index contributed by atoms with van der Waals surface area (Å²) in [6, 6.07) is 15.8. The lowest BCUT2D eigenvalue weighted by molar-refractivity contribution is -0.160. The van der Waals surface area contributed by atoms with E-state index >= 15 is 0 Å². The molecule has 1 aliphatic rings. The molecule has 1 atom stereocenters. The van der Waals surface area contributed by atoms with Crippen LogP contribution in [0.25, 0.3) is 0 Å². The Morgan fingerprint density at radius 2 is 1.74 bits per heavy atom. The smallest absolute Gasteiger partial charge is 0.311 e. The van der Waals surface area contributed by atoms with E-state index in [0.717, 1.165) is 24.8 Å². The fraction of sp³-hybridized carbons (Fsp3) is 0.516. The highest BCUT2D eigenvalue weighted by molar-refractivity contribution is 5.85. The summed E-state index contributed by atoms with van der Waals surface area (Å²) < 4.78 is 11.9. The van der Waals surface area contributed by atoms with E-state index in [1.54, 1.807) is 18.2 Å². The number of fused-ring (bicyclic) bond motifs is 1. The first-order valence-electron chi connectivity index (χ1n) is 13.3. The minimum Gasteiger partial charge on any atom is -0.488 e. The predicted octanol–water partition coefficient (Wildman–Crippen LogP) is 5.51. The van der Waals surface area contributed by atoms with Crippen molar-refractivity contribution in [3.05, 3.63) is 64.7 Å². The number of esters is 1. The summed E-state index contributed by atoms with van der Waals surface area (Å²) in [7, 11) is 0. The first-order valence-corrected chi connectivity index (χ1v) is 13.3. The Kier molecular flexibility index (Phi) is 11.4. The van der Waals surface area contributed by atoms with E-state index in [1.807, 2.05) is 20.8 Å². The molecule has 1 aliphatic carbocycles. The lowest BCUT2D eigenvalue weighted by Crippen LogP contribution is -2.47. The topological polar surface area (TPSA) is 109 Å². The second kappa shape index (κ2) is 13.8. The third-order valence-corrected chi connectivity index (χ3v) is 6.85. The number of rotatable bonds is 12. The van der Waals surface area contributed by atoms with Crippen LogP contribution in [0.1, 0.15) is 69.7 Å². The van der Waals surface area contributed by atoms with Gasteiger partial charge in [-0.2, -0.15) is 5.26 Å². The van der Waals surface area contributed by atoms with Gasteiger partial charge < -0.3 is 19.9 Å². The predicted molar refractivity (Wildman–Crippen MR) is 153 cm³/mol.